The van der Waals surface area contributed by atoms with Crippen molar-refractivity contribution in [1.82, 2.24) is 9.97 Å². The second-order valence-corrected chi connectivity index (χ2v) is 5.59. The molecule has 0 fully saturated rings. The molecule has 1 heterocycles. The molecule has 2 rings (SSSR count). The molecule has 112 valence electrons. The number of ether oxygens (including phenoxy) is 1. The van der Waals surface area contributed by atoms with Gasteiger partial charge in [0.2, 0.25) is 0 Å². The van der Waals surface area contributed by atoms with Gasteiger partial charge in [-0.25, -0.2) is 4.98 Å². The smallest absolute Gasteiger partial charge is 0.251 e. The summed E-state index contributed by atoms with van der Waals surface area (Å²) >= 11 is 1.43. The molecule has 0 spiro atoms. The molecule has 0 aliphatic heterocycles. The molecule has 5 nitrogen and oxygen atoms in total. The van der Waals surface area contributed by atoms with Crippen LogP contribution in [0.2, 0.25) is 0 Å². The van der Waals surface area contributed by atoms with Gasteiger partial charge in [-0.2, -0.15) is 0 Å². The van der Waals surface area contributed by atoms with E-state index in [2.05, 4.69) is 9.97 Å². The maximum absolute atomic E-state index is 11.4. The first-order valence-electron chi connectivity index (χ1n) is 6.78. The molecule has 1 aromatic heterocycles. The summed E-state index contributed by atoms with van der Waals surface area (Å²) in [4.78, 5) is 18.4. The minimum atomic E-state index is -0.191. The number of benzene rings is 1. The van der Waals surface area contributed by atoms with E-state index < -0.39 is 0 Å². The lowest BCUT2D eigenvalue weighted by Gasteiger charge is -2.15. The van der Waals surface area contributed by atoms with E-state index in [1.165, 1.54) is 17.8 Å². The zero-order valence-electron chi connectivity index (χ0n) is 12.1. The average Bonchev–Trinajstić information content (AvgIpc) is 2.45. The van der Waals surface area contributed by atoms with Gasteiger partial charge in [-0.3, -0.25) is 4.79 Å². The van der Waals surface area contributed by atoms with Crippen LogP contribution in [0.15, 0.2) is 40.3 Å². The highest BCUT2D eigenvalue weighted by Gasteiger charge is 2.13. The zero-order chi connectivity index (χ0) is 15.2. The normalized spacial score (nSPS) is 12.1. The Hall–Kier alpha value is -1.79. The number of nitrogens with two attached hydrogens (primary N) is 1. The quantitative estimate of drug-likeness (QED) is 0.632. The zero-order valence-corrected chi connectivity index (χ0v) is 12.9. The van der Waals surface area contributed by atoms with Crippen LogP contribution in [0, 0.1) is 6.92 Å². The van der Waals surface area contributed by atoms with Gasteiger partial charge in [-0.1, -0.05) is 30.0 Å². The van der Waals surface area contributed by atoms with E-state index in [-0.39, 0.29) is 11.6 Å². The molecule has 1 unspecified atom stereocenters. The predicted molar refractivity (Wildman–Crippen MR) is 84.9 cm³/mol. The minimum Gasteiger partial charge on any atom is -0.494 e. The van der Waals surface area contributed by atoms with Crippen LogP contribution in [-0.2, 0) is 0 Å². The maximum atomic E-state index is 11.4. The molecule has 2 aromatic rings. The fourth-order valence-electron chi connectivity index (χ4n) is 1.95. The first-order chi connectivity index (χ1) is 10.1. The van der Waals surface area contributed by atoms with Crippen LogP contribution in [0.1, 0.15) is 24.2 Å². The van der Waals surface area contributed by atoms with E-state index in [9.17, 15) is 4.79 Å². The molecule has 1 aromatic carbocycles. The van der Waals surface area contributed by atoms with Gasteiger partial charge >= 0.3 is 0 Å². The van der Waals surface area contributed by atoms with Crippen molar-refractivity contribution < 1.29 is 4.74 Å². The Bertz CT molecular complexity index is 657. The van der Waals surface area contributed by atoms with Crippen molar-refractivity contribution in [2.45, 2.75) is 25.0 Å². The topological polar surface area (TPSA) is 81.0 Å². The van der Waals surface area contributed by atoms with Crippen LogP contribution in [0.25, 0.3) is 0 Å². The average molecular weight is 305 g/mol. The summed E-state index contributed by atoms with van der Waals surface area (Å²) in [5, 5.41) is 0.587. The number of para-hydroxylation sites is 1. The van der Waals surface area contributed by atoms with Crippen LogP contribution in [-0.4, -0.2) is 22.3 Å². The van der Waals surface area contributed by atoms with Gasteiger partial charge < -0.3 is 15.5 Å². The van der Waals surface area contributed by atoms with E-state index in [1.807, 2.05) is 31.2 Å². The summed E-state index contributed by atoms with van der Waals surface area (Å²) in [7, 11) is 0. The van der Waals surface area contributed by atoms with Crippen molar-refractivity contribution in [3.05, 3.63) is 51.9 Å². The molecule has 3 N–H and O–H groups in total. The summed E-state index contributed by atoms with van der Waals surface area (Å²) in [6.07, 6.45) is 0. The van der Waals surface area contributed by atoms with Gasteiger partial charge in [-0.05, 0) is 19.9 Å². The Kier molecular flexibility index (Phi) is 5.41. The summed E-state index contributed by atoms with van der Waals surface area (Å²) in [5.41, 5.74) is 7.74. The van der Waals surface area contributed by atoms with E-state index in [1.54, 1.807) is 6.92 Å². The number of nitrogens with zero attached hydrogens (tertiary/aromatic N) is 1. The Morgan fingerprint density at radius 1 is 1.43 bits per heavy atom. The standard InChI is InChI=1S/C15H19N3O2S/c1-3-20-13-7-5-4-6-11(13)12(16)9-21-15-17-10(2)8-14(19)18-15/h4-8,12H,3,9,16H2,1-2H3,(H,17,18,19). The van der Waals surface area contributed by atoms with Crippen molar-refractivity contribution >= 4 is 11.8 Å². The van der Waals surface area contributed by atoms with Crippen molar-refractivity contribution in [1.29, 1.82) is 0 Å². The van der Waals surface area contributed by atoms with Crippen LogP contribution in [0.4, 0.5) is 0 Å². The Morgan fingerprint density at radius 2 is 2.19 bits per heavy atom. The summed E-state index contributed by atoms with van der Waals surface area (Å²) in [6.45, 7) is 4.34. The highest BCUT2D eigenvalue weighted by molar-refractivity contribution is 7.99. The van der Waals surface area contributed by atoms with Gasteiger partial charge in [-0.15, -0.1) is 0 Å². The third-order valence-corrected chi connectivity index (χ3v) is 3.86. The molecule has 0 saturated heterocycles. The second-order valence-electron chi connectivity index (χ2n) is 4.58. The fraction of sp³-hybridized carbons (Fsp3) is 0.333. The SMILES string of the molecule is CCOc1ccccc1C(N)CSc1nc(C)cc(=O)[nH]1. The lowest BCUT2D eigenvalue weighted by molar-refractivity contribution is 0.335. The highest BCUT2D eigenvalue weighted by atomic mass is 32.2. The number of aryl methyl sites for hydroxylation is 1. The van der Waals surface area contributed by atoms with Crippen molar-refractivity contribution in [3.8, 4) is 5.75 Å². The van der Waals surface area contributed by atoms with E-state index in [0.29, 0.717) is 23.2 Å². The number of hydrogen-bond donors (Lipinski definition) is 2. The Labute approximate surface area is 127 Å². The third kappa shape index (κ3) is 4.34. The monoisotopic (exact) mass is 305 g/mol. The molecule has 21 heavy (non-hydrogen) atoms. The van der Waals surface area contributed by atoms with Crippen molar-refractivity contribution in [3.63, 3.8) is 0 Å². The molecule has 0 aliphatic carbocycles. The first-order valence-corrected chi connectivity index (χ1v) is 7.76. The molecule has 0 radical (unpaired) electrons. The van der Waals surface area contributed by atoms with E-state index in [4.69, 9.17) is 10.5 Å². The molecule has 1 atom stereocenters. The molecule has 0 aliphatic rings. The van der Waals surface area contributed by atoms with Crippen molar-refractivity contribution in [2.75, 3.05) is 12.4 Å². The number of hydrogen-bond acceptors (Lipinski definition) is 5. The van der Waals surface area contributed by atoms with Crippen LogP contribution >= 0.6 is 11.8 Å². The molecule has 0 bridgehead atoms. The lowest BCUT2D eigenvalue weighted by atomic mass is 10.1. The largest absolute Gasteiger partial charge is 0.494 e. The van der Waals surface area contributed by atoms with Gasteiger partial charge in [0.15, 0.2) is 5.16 Å². The van der Waals surface area contributed by atoms with Gasteiger partial charge in [0.05, 0.1) is 6.61 Å². The number of H-pyrrole nitrogens is 1. The molecular formula is C15H19N3O2S. The van der Waals surface area contributed by atoms with Crippen LogP contribution in [0.5, 0.6) is 5.75 Å². The van der Waals surface area contributed by atoms with E-state index >= 15 is 0 Å². The number of nitrogens with one attached hydrogen (secondary N) is 1. The summed E-state index contributed by atoms with van der Waals surface area (Å²) in [5.74, 6) is 1.41. The van der Waals surface area contributed by atoms with Crippen LogP contribution in [0.3, 0.4) is 0 Å². The number of aromatic amines is 1. The summed E-state index contributed by atoms with van der Waals surface area (Å²) < 4.78 is 5.59. The van der Waals surface area contributed by atoms with Gasteiger partial charge in [0.1, 0.15) is 5.75 Å². The summed E-state index contributed by atoms with van der Waals surface area (Å²) in [6, 6.07) is 9.01. The Balaban J connectivity index is 2.08. The van der Waals surface area contributed by atoms with Gasteiger partial charge in [0.25, 0.3) is 5.56 Å². The minimum absolute atomic E-state index is 0.145. The molecule has 0 amide bonds. The van der Waals surface area contributed by atoms with Crippen molar-refractivity contribution in [2.24, 2.45) is 5.73 Å². The second kappa shape index (κ2) is 7.28. The van der Waals surface area contributed by atoms with Crippen LogP contribution < -0.4 is 16.0 Å². The fourth-order valence-corrected chi connectivity index (χ4v) is 2.85. The number of thioether (sulfide) groups is 1. The molecule has 6 heteroatoms. The number of aromatic nitrogens is 2. The molecular weight excluding hydrogens is 286 g/mol. The number of rotatable bonds is 6. The molecule has 0 saturated carbocycles. The predicted octanol–water partition coefficient (Wildman–Crippen LogP) is 2.27. The maximum Gasteiger partial charge on any atom is 0.251 e. The first kappa shape index (κ1) is 15.6. The third-order valence-electron chi connectivity index (χ3n) is 2.87. The van der Waals surface area contributed by atoms with Gasteiger partial charge in [0, 0.05) is 29.1 Å². The lowest BCUT2D eigenvalue weighted by Crippen LogP contribution is -2.16. The highest BCUT2D eigenvalue weighted by Crippen LogP contribution is 2.27. The van der Waals surface area contributed by atoms with E-state index in [0.717, 1.165) is 11.3 Å². The Morgan fingerprint density at radius 3 is 2.90 bits per heavy atom.